The van der Waals surface area contributed by atoms with E-state index in [2.05, 4.69) is 22.1 Å². The third-order valence-electron chi connectivity index (χ3n) is 5.13. The average Bonchev–Trinajstić information content (AvgIpc) is 3.15. The second-order valence-electron chi connectivity index (χ2n) is 7.11. The van der Waals surface area contributed by atoms with E-state index in [0.29, 0.717) is 19.7 Å². The summed E-state index contributed by atoms with van der Waals surface area (Å²) in [6.45, 7) is 1.60. The SMILES string of the molecule is CN(C)c1nccnc1[C@H]1CN(C(=O)c2ccc3c(c2)CCC3)CCO1. The van der Waals surface area contributed by atoms with E-state index in [1.165, 1.54) is 17.5 Å². The van der Waals surface area contributed by atoms with Crippen LogP contribution in [0.4, 0.5) is 5.82 Å². The van der Waals surface area contributed by atoms with E-state index in [1.807, 2.05) is 30.0 Å². The molecule has 2 heterocycles. The Morgan fingerprint density at radius 2 is 2.00 bits per heavy atom. The van der Waals surface area contributed by atoms with Gasteiger partial charge in [-0.25, -0.2) is 4.98 Å². The Morgan fingerprint density at radius 3 is 2.85 bits per heavy atom. The molecule has 26 heavy (non-hydrogen) atoms. The molecule has 1 fully saturated rings. The van der Waals surface area contributed by atoms with E-state index in [9.17, 15) is 4.79 Å². The minimum Gasteiger partial charge on any atom is -0.368 e. The molecule has 4 rings (SSSR count). The van der Waals surface area contributed by atoms with Gasteiger partial charge in [0.05, 0.1) is 13.2 Å². The molecule has 0 saturated carbocycles. The molecule has 0 unspecified atom stereocenters. The smallest absolute Gasteiger partial charge is 0.254 e. The minimum atomic E-state index is -0.256. The summed E-state index contributed by atoms with van der Waals surface area (Å²) in [7, 11) is 3.87. The maximum atomic E-state index is 13.0. The first-order chi connectivity index (χ1) is 12.6. The zero-order valence-electron chi connectivity index (χ0n) is 15.3. The van der Waals surface area contributed by atoms with Crippen LogP contribution in [-0.2, 0) is 17.6 Å². The quantitative estimate of drug-likeness (QED) is 0.848. The molecule has 1 amide bonds. The molecule has 0 bridgehead atoms. The summed E-state index contributed by atoms with van der Waals surface area (Å²) in [6.07, 6.45) is 6.49. The monoisotopic (exact) mass is 352 g/mol. The zero-order valence-corrected chi connectivity index (χ0v) is 15.3. The van der Waals surface area contributed by atoms with Crippen LogP contribution >= 0.6 is 0 Å². The highest BCUT2D eigenvalue weighted by Crippen LogP contribution is 2.28. The Bertz CT molecular complexity index is 821. The lowest BCUT2D eigenvalue weighted by Gasteiger charge is -2.33. The van der Waals surface area contributed by atoms with Gasteiger partial charge in [0.2, 0.25) is 0 Å². The van der Waals surface area contributed by atoms with Crippen LogP contribution in [0.1, 0.15) is 39.7 Å². The Kier molecular flexibility index (Phi) is 4.59. The number of anilines is 1. The van der Waals surface area contributed by atoms with Crippen molar-refractivity contribution in [3.05, 3.63) is 53.0 Å². The van der Waals surface area contributed by atoms with Gasteiger partial charge in [0.15, 0.2) is 5.82 Å². The summed E-state index contributed by atoms with van der Waals surface area (Å²) >= 11 is 0. The molecule has 6 heteroatoms. The van der Waals surface area contributed by atoms with Crippen LogP contribution in [0, 0.1) is 0 Å². The molecule has 1 saturated heterocycles. The van der Waals surface area contributed by atoms with Gasteiger partial charge in [0.25, 0.3) is 5.91 Å². The van der Waals surface area contributed by atoms with Crippen LogP contribution in [0.15, 0.2) is 30.6 Å². The maximum absolute atomic E-state index is 13.0. The number of fused-ring (bicyclic) bond motifs is 1. The first-order valence-corrected chi connectivity index (χ1v) is 9.14. The van der Waals surface area contributed by atoms with Crippen molar-refractivity contribution in [1.29, 1.82) is 0 Å². The molecular formula is C20H24N4O2. The lowest BCUT2D eigenvalue weighted by atomic mass is 10.0. The first kappa shape index (κ1) is 17.0. The zero-order chi connectivity index (χ0) is 18.1. The number of benzene rings is 1. The molecule has 0 spiro atoms. The molecule has 1 aliphatic heterocycles. The molecule has 136 valence electrons. The van der Waals surface area contributed by atoms with Crippen molar-refractivity contribution in [1.82, 2.24) is 14.9 Å². The molecule has 0 radical (unpaired) electrons. The number of carbonyl (C=O) groups excluding carboxylic acids is 1. The molecule has 1 aliphatic carbocycles. The van der Waals surface area contributed by atoms with E-state index < -0.39 is 0 Å². The summed E-state index contributed by atoms with van der Waals surface area (Å²) in [5.41, 5.74) is 4.27. The number of rotatable bonds is 3. The van der Waals surface area contributed by atoms with Crippen molar-refractivity contribution >= 4 is 11.7 Å². The third-order valence-corrected chi connectivity index (χ3v) is 5.13. The van der Waals surface area contributed by atoms with Crippen molar-refractivity contribution < 1.29 is 9.53 Å². The van der Waals surface area contributed by atoms with Gasteiger partial charge in [0, 0.05) is 38.6 Å². The number of aryl methyl sites for hydroxylation is 2. The number of aromatic nitrogens is 2. The second kappa shape index (κ2) is 7.03. The molecular weight excluding hydrogens is 328 g/mol. The first-order valence-electron chi connectivity index (χ1n) is 9.14. The fourth-order valence-electron chi connectivity index (χ4n) is 3.80. The minimum absolute atomic E-state index is 0.0725. The molecule has 1 aromatic carbocycles. The lowest BCUT2D eigenvalue weighted by molar-refractivity contribution is -0.0246. The topological polar surface area (TPSA) is 58.6 Å². The highest BCUT2D eigenvalue weighted by molar-refractivity contribution is 5.94. The van der Waals surface area contributed by atoms with Crippen LogP contribution in [0.3, 0.4) is 0 Å². The van der Waals surface area contributed by atoms with Gasteiger partial charge >= 0.3 is 0 Å². The number of amides is 1. The molecule has 1 atom stereocenters. The van der Waals surface area contributed by atoms with E-state index in [-0.39, 0.29) is 12.0 Å². The number of hydrogen-bond donors (Lipinski definition) is 0. The van der Waals surface area contributed by atoms with Gasteiger partial charge < -0.3 is 14.5 Å². The van der Waals surface area contributed by atoms with E-state index in [0.717, 1.165) is 29.9 Å². The molecule has 6 nitrogen and oxygen atoms in total. The Balaban J connectivity index is 1.55. The maximum Gasteiger partial charge on any atom is 0.254 e. The predicted octanol–water partition coefficient (Wildman–Crippen LogP) is 2.25. The van der Waals surface area contributed by atoms with Gasteiger partial charge in [-0.3, -0.25) is 9.78 Å². The summed E-state index contributed by atoms with van der Waals surface area (Å²) in [6, 6.07) is 6.15. The average molecular weight is 352 g/mol. The van der Waals surface area contributed by atoms with Gasteiger partial charge in [-0.05, 0) is 42.5 Å². The van der Waals surface area contributed by atoms with Crippen molar-refractivity contribution in [2.24, 2.45) is 0 Å². The molecule has 2 aromatic rings. The van der Waals surface area contributed by atoms with Crippen molar-refractivity contribution in [3.8, 4) is 0 Å². The van der Waals surface area contributed by atoms with Crippen molar-refractivity contribution in [3.63, 3.8) is 0 Å². The number of morpholine rings is 1. The van der Waals surface area contributed by atoms with Crippen molar-refractivity contribution in [2.45, 2.75) is 25.4 Å². The van der Waals surface area contributed by atoms with Crippen LogP contribution in [0.5, 0.6) is 0 Å². The molecule has 2 aliphatic rings. The molecule has 0 N–H and O–H groups in total. The van der Waals surface area contributed by atoms with Crippen LogP contribution < -0.4 is 4.90 Å². The Hall–Kier alpha value is -2.47. The lowest BCUT2D eigenvalue weighted by Crippen LogP contribution is -2.42. The fourth-order valence-corrected chi connectivity index (χ4v) is 3.80. The standard InChI is InChI=1S/C20H24N4O2/c1-23(2)19-18(21-8-9-22-19)17-13-24(10-11-26-17)20(25)16-7-6-14-4-3-5-15(14)12-16/h6-9,12,17H,3-5,10-11,13H2,1-2H3/t17-/m1/s1. The molecule has 1 aromatic heterocycles. The van der Waals surface area contributed by atoms with Gasteiger partial charge in [-0.1, -0.05) is 6.07 Å². The van der Waals surface area contributed by atoms with E-state index >= 15 is 0 Å². The van der Waals surface area contributed by atoms with Gasteiger partial charge in [-0.2, -0.15) is 0 Å². The van der Waals surface area contributed by atoms with Gasteiger partial charge in [0.1, 0.15) is 11.8 Å². The van der Waals surface area contributed by atoms with Crippen LogP contribution in [0.25, 0.3) is 0 Å². The van der Waals surface area contributed by atoms with E-state index in [4.69, 9.17) is 4.74 Å². The summed E-state index contributed by atoms with van der Waals surface area (Å²) < 4.78 is 5.92. The number of nitrogens with zero attached hydrogens (tertiary/aromatic N) is 4. The summed E-state index contributed by atoms with van der Waals surface area (Å²) in [5, 5.41) is 0. The largest absolute Gasteiger partial charge is 0.368 e. The Morgan fingerprint density at radius 1 is 1.19 bits per heavy atom. The van der Waals surface area contributed by atoms with Crippen molar-refractivity contribution in [2.75, 3.05) is 38.7 Å². The van der Waals surface area contributed by atoms with Crippen LogP contribution in [0.2, 0.25) is 0 Å². The summed E-state index contributed by atoms with van der Waals surface area (Å²) in [4.78, 5) is 25.7. The number of ether oxygens (including phenoxy) is 1. The normalized spacial score (nSPS) is 19.3. The second-order valence-corrected chi connectivity index (χ2v) is 7.11. The fraction of sp³-hybridized carbons (Fsp3) is 0.450. The Labute approximate surface area is 153 Å². The highest BCUT2D eigenvalue weighted by Gasteiger charge is 2.29. The highest BCUT2D eigenvalue weighted by atomic mass is 16.5. The van der Waals surface area contributed by atoms with Crippen LogP contribution in [-0.4, -0.2) is 54.6 Å². The third kappa shape index (κ3) is 3.17. The van der Waals surface area contributed by atoms with Gasteiger partial charge in [-0.15, -0.1) is 0 Å². The number of carbonyl (C=O) groups is 1. The predicted molar refractivity (Wildman–Crippen MR) is 99.4 cm³/mol. The number of hydrogen-bond acceptors (Lipinski definition) is 5. The van der Waals surface area contributed by atoms with E-state index in [1.54, 1.807) is 12.4 Å². The summed E-state index contributed by atoms with van der Waals surface area (Å²) in [5.74, 6) is 0.854.